The fourth-order valence-corrected chi connectivity index (χ4v) is 2.38. The van der Waals surface area contributed by atoms with E-state index in [9.17, 15) is 17.6 Å². The molecule has 2 rings (SSSR count). The van der Waals surface area contributed by atoms with E-state index in [-0.39, 0.29) is 5.82 Å². The van der Waals surface area contributed by atoms with E-state index in [2.05, 4.69) is 15.0 Å². The molecule has 0 aliphatic heterocycles. The highest BCUT2D eigenvalue weighted by Crippen LogP contribution is 2.30. The van der Waals surface area contributed by atoms with Crippen LogP contribution in [0.3, 0.4) is 0 Å². The van der Waals surface area contributed by atoms with E-state index in [0.29, 0.717) is 16.5 Å². The minimum absolute atomic E-state index is 0.0892. The van der Waals surface area contributed by atoms with Crippen LogP contribution in [0.2, 0.25) is 0 Å². The maximum atomic E-state index is 13.6. The third-order valence-corrected chi connectivity index (χ3v) is 3.70. The van der Waals surface area contributed by atoms with Crippen molar-refractivity contribution in [3.8, 4) is 0 Å². The molecule has 1 heterocycles. The number of thioether (sulfide) groups is 1. The minimum atomic E-state index is -4.36. The smallest absolute Gasteiger partial charge is 0.369 e. The molecule has 0 unspecified atom stereocenters. The predicted molar refractivity (Wildman–Crippen MR) is 84.8 cm³/mol. The second kappa shape index (κ2) is 7.61. The number of alkyl halides is 3. The van der Waals surface area contributed by atoms with E-state index in [1.54, 1.807) is 19.0 Å². The first-order chi connectivity index (χ1) is 11.3. The predicted octanol–water partition coefficient (Wildman–Crippen LogP) is 4.15. The molecule has 0 bridgehead atoms. The summed E-state index contributed by atoms with van der Waals surface area (Å²) >= 11 is 1.19. The molecule has 4 nitrogen and oxygen atoms in total. The van der Waals surface area contributed by atoms with Crippen molar-refractivity contribution in [1.82, 2.24) is 14.9 Å². The number of nitrogens with zero attached hydrogens (tertiary/aromatic N) is 4. The zero-order valence-electron chi connectivity index (χ0n) is 12.9. The van der Waals surface area contributed by atoms with Crippen molar-refractivity contribution in [2.24, 2.45) is 4.99 Å². The zero-order chi connectivity index (χ0) is 17.7. The van der Waals surface area contributed by atoms with E-state index in [1.165, 1.54) is 30.2 Å². The maximum Gasteiger partial charge on any atom is 0.416 e. The topological polar surface area (TPSA) is 41.4 Å². The van der Waals surface area contributed by atoms with Crippen LogP contribution < -0.4 is 0 Å². The van der Waals surface area contributed by atoms with E-state index < -0.39 is 17.6 Å². The van der Waals surface area contributed by atoms with Crippen LogP contribution in [-0.2, 0) is 11.9 Å². The summed E-state index contributed by atoms with van der Waals surface area (Å²) in [5, 5.41) is 0.294. The van der Waals surface area contributed by atoms with Gasteiger partial charge in [-0.05, 0) is 17.7 Å². The largest absolute Gasteiger partial charge is 0.416 e. The van der Waals surface area contributed by atoms with Crippen LogP contribution in [-0.4, -0.2) is 35.3 Å². The Balaban J connectivity index is 2.05. The van der Waals surface area contributed by atoms with E-state index >= 15 is 0 Å². The highest BCUT2D eigenvalue weighted by molar-refractivity contribution is 7.98. The highest BCUT2D eigenvalue weighted by Gasteiger charge is 2.29. The summed E-state index contributed by atoms with van der Waals surface area (Å²) in [5.74, 6) is -0.374. The Bertz CT molecular complexity index is 714. The third kappa shape index (κ3) is 5.19. The van der Waals surface area contributed by atoms with Crippen LogP contribution in [0, 0.1) is 5.82 Å². The molecular formula is C15H14F4N4S. The number of aliphatic imine (C=N–C) groups is 1. The number of rotatable bonds is 5. The van der Waals surface area contributed by atoms with Gasteiger partial charge in [0, 0.05) is 19.8 Å². The van der Waals surface area contributed by atoms with Gasteiger partial charge in [-0.2, -0.15) is 18.2 Å². The average Bonchev–Trinajstić information content (AvgIpc) is 2.52. The lowest BCUT2D eigenvalue weighted by Gasteiger charge is -2.07. The Morgan fingerprint density at radius 3 is 2.46 bits per heavy atom. The molecule has 2 aromatic rings. The van der Waals surface area contributed by atoms with Gasteiger partial charge in [0.2, 0.25) is 0 Å². The lowest BCUT2D eigenvalue weighted by Crippen LogP contribution is -2.07. The third-order valence-electron chi connectivity index (χ3n) is 2.76. The second-order valence-electron chi connectivity index (χ2n) is 5.02. The molecule has 0 saturated heterocycles. The minimum Gasteiger partial charge on any atom is -0.369 e. The van der Waals surface area contributed by atoms with Crippen molar-refractivity contribution >= 4 is 23.9 Å². The number of hydrogen-bond donors (Lipinski definition) is 0. The molecule has 128 valence electrons. The van der Waals surface area contributed by atoms with Crippen LogP contribution in [0.25, 0.3) is 0 Å². The Morgan fingerprint density at radius 2 is 1.88 bits per heavy atom. The van der Waals surface area contributed by atoms with Crippen LogP contribution in [0.5, 0.6) is 0 Å². The summed E-state index contributed by atoms with van der Waals surface area (Å²) in [6.07, 6.45) is -1.93. The summed E-state index contributed by atoms with van der Waals surface area (Å²) in [6.45, 7) is 0. The lowest BCUT2D eigenvalue weighted by molar-refractivity contribution is -0.137. The van der Waals surface area contributed by atoms with E-state index in [0.717, 1.165) is 18.3 Å². The molecule has 0 aliphatic rings. The maximum absolute atomic E-state index is 13.6. The Labute approximate surface area is 140 Å². The Kier molecular flexibility index (Phi) is 5.76. The van der Waals surface area contributed by atoms with Crippen molar-refractivity contribution in [2.75, 3.05) is 14.1 Å². The molecule has 0 fully saturated rings. The average molecular weight is 358 g/mol. The van der Waals surface area contributed by atoms with Crippen LogP contribution in [0.4, 0.5) is 23.4 Å². The van der Waals surface area contributed by atoms with Gasteiger partial charge in [-0.15, -0.1) is 0 Å². The SMILES string of the molecule is CN(C)C=Nc1nc(SCc2ccc(C(F)(F)F)cc2)ncc1F. The molecule has 0 radical (unpaired) electrons. The number of benzene rings is 1. The van der Waals surface area contributed by atoms with Crippen LogP contribution >= 0.6 is 11.8 Å². The summed E-state index contributed by atoms with van der Waals surface area (Å²) in [6, 6.07) is 4.83. The molecule has 9 heteroatoms. The number of aromatic nitrogens is 2. The molecule has 0 saturated carbocycles. The molecule has 0 spiro atoms. The first-order valence-corrected chi connectivity index (χ1v) is 7.76. The molecule has 0 atom stereocenters. The molecule has 1 aromatic carbocycles. The van der Waals surface area contributed by atoms with E-state index in [4.69, 9.17) is 0 Å². The second-order valence-corrected chi connectivity index (χ2v) is 5.96. The molecule has 1 aromatic heterocycles. The quantitative estimate of drug-likeness (QED) is 0.265. The summed E-state index contributed by atoms with van der Waals surface area (Å²) in [7, 11) is 3.48. The molecular weight excluding hydrogens is 344 g/mol. The zero-order valence-corrected chi connectivity index (χ0v) is 13.7. The van der Waals surface area contributed by atoms with Crippen molar-refractivity contribution < 1.29 is 17.6 Å². The van der Waals surface area contributed by atoms with Gasteiger partial charge in [0.25, 0.3) is 0 Å². The van der Waals surface area contributed by atoms with Crippen molar-refractivity contribution in [3.05, 3.63) is 47.4 Å². The lowest BCUT2D eigenvalue weighted by atomic mass is 10.1. The molecule has 24 heavy (non-hydrogen) atoms. The summed E-state index contributed by atoms with van der Waals surface area (Å²) < 4.78 is 51.1. The standard InChI is InChI=1S/C15H14F4N4S/c1-23(2)9-21-13-12(16)7-20-14(22-13)24-8-10-3-5-11(6-4-10)15(17,18)19/h3-7,9H,8H2,1-2H3. The van der Waals surface area contributed by atoms with Gasteiger partial charge >= 0.3 is 6.18 Å². The molecule has 0 N–H and O–H groups in total. The van der Waals surface area contributed by atoms with Gasteiger partial charge in [-0.1, -0.05) is 23.9 Å². The first kappa shape index (κ1) is 18.2. The van der Waals surface area contributed by atoms with Crippen LogP contribution in [0.15, 0.2) is 40.6 Å². The van der Waals surface area contributed by atoms with E-state index in [1.807, 2.05) is 0 Å². The van der Waals surface area contributed by atoms with Crippen molar-refractivity contribution in [1.29, 1.82) is 0 Å². The van der Waals surface area contributed by atoms with Crippen molar-refractivity contribution in [3.63, 3.8) is 0 Å². The van der Waals surface area contributed by atoms with Gasteiger partial charge < -0.3 is 4.90 Å². The first-order valence-electron chi connectivity index (χ1n) is 6.78. The molecule has 0 amide bonds. The molecule has 0 aliphatic carbocycles. The highest BCUT2D eigenvalue weighted by atomic mass is 32.2. The number of hydrogen-bond acceptors (Lipinski definition) is 4. The van der Waals surface area contributed by atoms with Crippen molar-refractivity contribution in [2.45, 2.75) is 17.1 Å². The van der Waals surface area contributed by atoms with Gasteiger partial charge in [0.15, 0.2) is 16.8 Å². The number of halogens is 4. The Morgan fingerprint density at radius 1 is 1.21 bits per heavy atom. The monoisotopic (exact) mass is 358 g/mol. The normalized spacial score (nSPS) is 11.9. The Hall–Kier alpha value is -2.16. The van der Waals surface area contributed by atoms with Gasteiger partial charge in [-0.25, -0.2) is 14.4 Å². The summed E-state index contributed by atoms with van der Waals surface area (Å²) in [5.41, 5.74) is -0.0196. The van der Waals surface area contributed by atoms with Crippen LogP contribution in [0.1, 0.15) is 11.1 Å². The van der Waals surface area contributed by atoms with Gasteiger partial charge in [0.1, 0.15) is 0 Å². The fourth-order valence-electron chi connectivity index (χ4n) is 1.61. The summed E-state index contributed by atoms with van der Waals surface area (Å²) in [4.78, 5) is 13.4. The fraction of sp³-hybridized carbons (Fsp3) is 0.267. The van der Waals surface area contributed by atoms with Gasteiger partial charge in [-0.3, -0.25) is 0 Å². The van der Waals surface area contributed by atoms with Gasteiger partial charge in [0.05, 0.1) is 18.1 Å².